The van der Waals surface area contributed by atoms with Crippen LogP contribution < -0.4 is 4.74 Å². The minimum atomic E-state index is -1.03. The number of carboxylic acids is 1. The fraction of sp³-hybridized carbons (Fsp3) is 0.500. The van der Waals surface area contributed by atoms with Gasteiger partial charge in [0.25, 0.3) is 0 Å². The summed E-state index contributed by atoms with van der Waals surface area (Å²) < 4.78 is 11.2. The molecule has 5 heteroatoms. The predicted molar refractivity (Wildman–Crippen MR) is 72.1 cm³/mol. The Bertz CT molecular complexity index is 461. The minimum Gasteiger partial charge on any atom is -0.490 e. The van der Waals surface area contributed by atoms with Crippen molar-refractivity contribution in [2.24, 2.45) is 0 Å². The van der Waals surface area contributed by atoms with Crippen molar-refractivity contribution < 1.29 is 19.4 Å². The Morgan fingerprint density at radius 3 is 2.74 bits per heavy atom. The monoisotopic (exact) mass is 284 g/mol. The maximum Gasteiger partial charge on any atom is 0.337 e. The van der Waals surface area contributed by atoms with Crippen LogP contribution in [0.5, 0.6) is 5.75 Å². The molecule has 2 rings (SSSR count). The number of carbonyl (C=O) groups is 1. The molecule has 1 saturated carbocycles. The van der Waals surface area contributed by atoms with Crippen molar-refractivity contribution >= 4 is 17.6 Å². The van der Waals surface area contributed by atoms with E-state index in [9.17, 15) is 4.79 Å². The van der Waals surface area contributed by atoms with Gasteiger partial charge in [0.05, 0.1) is 16.7 Å². The van der Waals surface area contributed by atoms with Gasteiger partial charge in [-0.2, -0.15) is 0 Å². The lowest BCUT2D eigenvalue weighted by Gasteiger charge is -2.28. The summed E-state index contributed by atoms with van der Waals surface area (Å²) in [5.74, 6) is -0.426. The average Bonchev–Trinajstić information content (AvgIpc) is 2.38. The van der Waals surface area contributed by atoms with E-state index in [0.29, 0.717) is 5.75 Å². The van der Waals surface area contributed by atoms with Gasteiger partial charge >= 0.3 is 5.97 Å². The highest BCUT2D eigenvalue weighted by atomic mass is 35.5. The molecule has 2 atom stereocenters. The van der Waals surface area contributed by atoms with Crippen molar-refractivity contribution in [2.45, 2.75) is 37.9 Å². The first-order valence-electron chi connectivity index (χ1n) is 6.32. The van der Waals surface area contributed by atoms with Crippen LogP contribution in [0.25, 0.3) is 0 Å². The number of methoxy groups -OCH3 is 1. The van der Waals surface area contributed by atoms with Crippen molar-refractivity contribution in [3.63, 3.8) is 0 Å². The first kappa shape index (κ1) is 14.2. The molecule has 0 amide bonds. The number of halogens is 1. The number of benzene rings is 1. The third kappa shape index (κ3) is 3.61. The molecule has 0 bridgehead atoms. The van der Waals surface area contributed by atoms with Crippen LogP contribution in [0, 0.1) is 0 Å². The normalized spacial score (nSPS) is 23.1. The highest BCUT2D eigenvalue weighted by molar-refractivity contribution is 6.33. The Kier molecular flexibility index (Phi) is 4.66. The van der Waals surface area contributed by atoms with Crippen LogP contribution >= 0.6 is 11.6 Å². The minimum absolute atomic E-state index is 0.0902. The molecule has 19 heavy (non-hydrogen) atoms. The molecular weight excluding hydrogens is 268 g/mol. The lowest BCUT2D eigenvalue weighted by Crippen LogP contribution is -2.29. The first-order valence-corrected chi connectivity index (χ1v) is 6.70. The number of aromatic carboxylic acids is 1. The van der Waals surface area contributed by atoms with Crippen LogP contribution in [0.3, 0.4) is 0 Å². The summed E-state index contributed by atoms with van der Waals surface area (Å²) in [7, 11) is 1.71. The van der Waals surface area contributed by atoms with Gasteiger partial charge in [-0.1, -0.05) is 11.6 Å². The summed E-state index contributed by atoms with van der Waals surface area (Å²) in [6.07, 6.45) is 4.32. The number of carboxylic acid groups (broad SMARTS) is 1. The molecule has 0 saturated heterocycles. The standard InChI is InChI=1S/C14H17ClO4/c1-18-9-3-2-4-10(7-9)19-11-5-6-12(14(16)17)13(15)8-11/h5-6,8-10H,2-4,7H2,1H3,(H,16,17). The molecule has 1 aliphatic carbocycles. The number of hydrogen-bond donors (Lipinski definition) is 1. The van der Waals surface area contributed by atoms with E-state index in [1.165, 1.54) is 6.07 Å². The maximum absolute atomic E-state index is 10.9. The van der Waals surface area contributed by atoms with Crippen molar-refractivity contribution in [1.29, 1.82) is 0 Å². The second-order valence-electron chi connectivity index (χ2n) is 4.71. The molecule has 0 aromatic heterocycles. The molecule has 4 nitrogen and oxygen atoms in total. The van der Waals surface area contributed by atoms with E-state index in [1.54, 1.807) is 19.2 Å². The van der Waals surface area contributed by atoms with E-state index < -0.39 is 5.97 Å². The van der Waals surface area contributed by atoms with Crippen LogP contribution in [0.2, 0.25) is 5.02 Å². The molecule has 0 heterocycles. The summed E-state index contributed by atoms with van der Waals surface area (Å²) in [5, 5.41) is 9.10. The smallest absolute Gasteiger partial charge is 0.337 e. The van der Waals surface area contributed by atoms with Gasteiger partial charge in [-0.25, -0.2) is 4.79 Å². The summed E-state index contributed by atoms with van der Waals surface area (Å²) in [6, 6.07) is 4.67. The highest BCUT2D eigenvalue weighted by Gasteiger charge is 2.23. The molecule has 2 unspecified atom stereocenters. The van der Waals surface area contributed by atoms with Gasteiger partial charge in [-0.05, 0) is 37.5 Å². The Hall–Kier alpha value is -1.26. The van der Waals surface area contributed by atoms with Crippen LogP contribution in [0.15, 0.2) is 18.2 Å². The van der Waals surface area contributed by atoms with Crippen LogP contribution in [0.4, 0.5) is 0 Å². The quantitative estimate of drug-likeness (QED) is 0.921. The Balaban J connectivity index is 2.03. The van der Waals surface area contributed by atoms with Gasteiger partial charge in [0, 0.05) is 13.5 Å². The molecule has 104 valence electrons. The second kappa shape index (κ2) is 6.26. The Morgan fingerprint density at radius 2 is 2.11 bits per heavy atom. The molecule has 1 fully saturated rings. The zero-order chi connectivity index (χ0) is 13.8. The van der Waals surface area contributed by atoms with Crippen LogP contribution in [-0.2, 0) is 4.74 Å². The SMILES string of the molecule is COC1CCCC(Oc2ccc(C(=O)O)c(Cl)c2)C1. The van der Waals surface area contributed by atoms with E-state index in [0.717, 1.165) is 25.7 Å². The molecule has 0 radical (unpaired) electrons. The van der Waals surface area contributed by atoms with E-state index in [1.807, 2.05) is 0 Å². The van der Waals surface area contributed by atoms with E-state index in [-0.39, 0.29) is 22.8 Å². The highest BCUT2D eigenvalue weighted by Crippen LogP contribution is 2.28. The molecule has 1 N–H and O–H groups in total. The molecule has 1 aromatic rings. The van der Waals surface area contributed by atoms with E-state index in [4.69, 9.17) is 26.2 Å². The van der Waals surface area contributed by atoms with E-state index in [2.05, 4.69) is 0 Å². The van der Waals surface area contributed by atoms with E-state index >= 15 is 0 Å². The van der Waals surface area contributed by atoms with Gasteiger partial charge in [0.1, 0.15) is 11.9 Å². The van der Waals surface area contributed by atoms with Gasteiger partial charge in [0.15, 0.2) is 0 Å². The van der Waals surface area contributed by atoms with Gasteiger partial charge in [-0.15, -0.1) is 0 Å². The molecule has 1 aliphatic rings. The summed E-state index contributed by atoms with van der Waals surface area (Å²) >= 11 is 5.91. The zero-order valence-electron chi connectivity index (χ0n) is 10.8. The summed E-state index contributed by atoms with van der Waals surface area (Å²) in [5.41, 5.74) is 0.0902. The molecule has 0 aliphatic heterocycles. The first-order chi connectivity index (χ1) is 9.10. The van der Waals surface area contributed by atoms with Crippen molar-refractivity contribution in [1.82, 2.24) is 0 Å². The Labute approximate surface area is 117 Å². The van der Waals surface area contributed by atoms with Gasteiger partial charge < -0.3 is 14.6 Å². The average molecular weight is 285 g/mol. The number of ether oxygens (including phenoxy) is 2. The lowest BCUT2D eigenvalue weighted by molar-refractivity contribution is 0.0210. The number of hydrogen-bond acceptors (Lipinski definition) is 3. The predicted octanol–water partition coefficient (Wildman–Crippen LogP) is 3.37. The fourth-order valence-corrected chi connectivity index (χ4v) is 2.61. The molecular formula is C14H17ClO4. The van der Waals surface area contributed by atoms with Crippen molar-refractivity contribution in [3.05, 3.63) is 28.8 Å². The summed E-state index contributed by atoms with van der Waals surface area (Å²) in [6.45, 7) is 0. The van der Waals surface area contributed by atoms with Crippen molar-refractivity contribution in [2.75, 3.05) is 7.11 Å². The Morgan fingerprint density at radius 1 is 1.37 bits per heavy atom. The number of rotatable bonds is 4. The van der Waals surface area contributed by atoms with Gasteiger partial charge in [-0.3, -0.25) is 0 Å². The summed E-state index contributed by atoms with van der Waals surface area (Å²) in [4.78, 5) is 10.9. The zero-order valence-corrected chi connectivity index (χ0v) is 11.5. The largest absolute Gasteiger partial charge is 0.490 e. The van der Waals surface area contributed by atoms with Crippen LogP contribution in [0.1, 0.15) is 36.0 Å². The third-order valence-corrected chi connectivity index (χ3v) is 3.70. The van der Waals surface area contributed by atoms with Crippen LogP contribution in [-0.4, -0.2) is 30.4 Å². The molecule has 1 aromatic carbocycles. The van der Waals surface area contributed by atoms with Gasteiger partial charge in [0.2, 0.25) is 0 Å². The maximum atomic E-state index is 10.9. The fourth-order valence-electron chi connectivity index (χ4n) is 2.36. The van der Waals surface area contributed by atoms with Crippen molar-refractivity contribution in [3.8, 4) is 5.75 Å². The second-order valence-corrected chi connectivity index (χ2v) is 5.12. The lowest BCUT2D eigenvalue weighted by atomic mass is 9.95. The topological polar surface area (TPSA) is 55.8 Å². The third-order valence-electron chi connectivity index (χ3n) is 3.39. The molecule has 0 spiro atoms.